The SMILES string of the molecule is c1ccc(-c2cc(-c3ccccc3)cc(-n3c4ccccc4c4c5c(ccc43)Sc3ccccc3S5)c2)cc1. The molecule has 0 bridgehead atoms. The lowest BCUT2D eigenvalue weighted by atomic mass is 9.98. The largest absolute Gasteiger partial charge is 0.309 e. The molecule has 0 unspecified atom stereocenters. The number of nitrogens with zero attached hydrogens (tertiary/aromatic N) is 1. The van der Waals surface area contributed by atoms with E-state index in [-0.39, 0.29) is 0 Å². The first kappa shape index (κ1) is 22.8. The number of para-hydroxylation sites is 1. The Labute approximate surface area is 236 Å². The number of hydrogen-bond acceptors (Lipinski definition) is 2. The molecule has 2 heterocycles. The third-order valence-electron chi connectivity index (χ3n) is 7.43. The van der Waals surface area contributed by atoms with Gasteiger partial charge in [-0.1, -0.05) is 115 Å². The average Bonchev–Trinajstić information content (AvgIpc) is 3.35. The van der Waals surface area contributed by atoms with Crippen molar-refractivity contribution in [1.29, 1.82) is 0 Å². The van der Waals surface area contributed by atoms with Crippen molar-refractivity contribution >= 4 is 45.3 Å². The molecule has 1 aromatic heterocycles. The average molecular weight is 534 g/mol. The molecule has 0 saturated carbocycles. The molecule has 1 aliphatic rings. The second kappa shape index (κ2) is 9.23. The Kier molecular flexibility index (Phi) is 5.39. The van der Waals surface area contributed by atoms with Gasteiger partial charge in [-0.15, -0.1) is 0 Å². The van der Waals surface area contributed by atoms with Crippen LogP contribution in [-0.2, 0) is 0 Å². The predicted molar refractivity (Wildman–Crippen MR) is 166 cm³/mol. The summed E-state index contributed by atoms with van der Waals surface area (Å²) in [5, 5.41) is 2.63. The van der Waals surface area contributed by atoms with Gasteiger partial charge in [-0.25, -0.2) is 0 Å². The molecule has 7 aromatic rings. The van der Waals surface area contributed by atoms with E-state index in [1.165, 1.54) is 69.3 Å². The Morgan fingerprint density at radius 3 is 1.69 bits per heavy atom. The third-order valence-corrected chi connectivity index (χ3v) is 10.0. The number of aromatic nitrogens is 1. The second-order valence-corrected chi connectivity index (χ2v) is 11.9. The van der Waals surface area contributed by atoms with E-state index in [1.54, 1.807) is 0 Å². The summed E-state index contributed by atoms with van der Waals surface area (Å²) in [5.74, 6) is 0. The lowest BCUT2D eigenvalue weighted by Crippen LogP contribution is -1.96. The Bertz CT molecular complexity index is 1950. The molecule has 1 aliphatic heterocycles. The van der Waals surface area contributed by atoms with E-state index in [1.807, 2.05) is 23.5 Å². The Morgan fingerprint density at radius 2 is 1.00 bits per heavy atom. The molecule has 0 radical (unpaired) electrons. The number of fused-ring (bicyclic) bond motifs is 6. The fourth-order valence-corrected chi connectivity index (χ4v) is 8.05. The molecule has 0 spiro atoms. The highest BCUT2D eigenvalue weighted by atomic mass is 32.2. The van der Waals surface area contributed by atoms with Gasteiger partial charge in [0.1, 0.15) is 0 Å². The fourth-order valence-electron chi connectivity index (χ4n) is 5.65. The van der Waals surface area contributed by atoms with Crippen LogP contribution < -0.4 is 0 Å². The highest BCUT2D eigenvalue weighted by Gasteiger charge is 2.23. The van der Waals surface area contributed by atoms with Crippen molar-refractivity contribution in [3.63, 3.8) is 0 Å². The van der Waals surface area contributed by atoms with Crippen molar-refractivity contribution in [3.8, 4) is 27.9 Å². The minimum absolute atomic E-state index is 1.18. The van der Waals surface area contributed by atoms with E-state index < -0.39 is 0 Å². The molecule has 0 saturated heterocycles. The van der Waals surface area contributed by atoms with Gasteiger partial charge >= 0.3 is 0 Å². The topological polar surface area (TPSA) is 4.93 Å². The van der Waals surface area contributed by atoms with Gasteiger partial charge in [0.15, 0.2) is 0 Å². The zero-order valence-corrected chi connectivity index (χ0v) is 22.7. The number of benzene rings is 6. The summed E-state index contributed by atoms with van der Waals surface area (Å²) in [7, 11) is 0. The Morgan fingerprint density at radius 1 is 0.410 bits per heavy atom. The fraction of sp³-hybridized carbons (Fsp3) is 0. The van der Waals surface area contributed by atoms with Gasteiger partial charge in [-0.3, -0.25) is 0 Å². The first-order chi connectivity index (χ1) is 19.3. The van der Waals surface area contributed by atoms with Gasteiger partial charge in [-0.05, 0) is 70.8 Å². The monoisotopic (exact) mass is 533 g/mol. The molecule has 0 amide bonds. The minimum Gasteiger partial charge on any atom is -0.309 e. The van der Waals surface area contributed by atoms with E-state index in [9.17, 15) is 0 Å². The van der Waals surface area contributed by atoms with Gasteiger partial charge in [0.25, 0.3) is 0 Å². The lowest BCUT2D eigenvalue weighted by molar-refractivity contribution is 1.15. The lowest BCUT2D eigenvalue weighted by Gasteiger charge is -2.19. The van der Waals surface area contributed by atoms with Gasteiger partial charge in [0.05, 0.1) is 11.0 Å². The summed E-state index contributed by atoms with van der Waals surface area (Å²) in [4.78, 5) is 5.35. The molecule has 6 aromatic carbocycles. The van der Waals surface area contributed by atoms with Crippen LogP contribution in [0, 0.1) is 0 Å². The van der Waals surface area contributed by atoms with Crippen LogP contribution in [0.4, 0.5) is 0 Å². The molecule has 8 rings (SSSR count). The van der Waals surface area contributed by atoms with E-state index in [0.29, 0.717) is 0 Å². The van der Waals surface area contributed by atoms with Gasteiger partial charge in [-0.2, -0.15) is 0 Å². The molecule has 39 heavy (non-hydrogen) atoms. The quantitative estimate of drug-likeness (QED) is 0.222. The van der Waals surface area contributed by atoms with E-state index in [2.05, 4.69) is 144 Å². The summed E-state index contributed by atoms with van der Waals surface area (Å²) in [5.41, 5.74) is 8.53. The summed E-state index contributed by atoms with van der Waals surface area (Å²) < 4.78 is 2.45. The molecular weight excluding hydrogens is 511 g/mol. The molecule has 0 fully saturated rings. The van der Waals surface area contributed by atoms with Gasteiger partial charge < -0.3 is 4.57 Å². The van der Waals surface area contributed by atoms with Crippen LogP contribution in [-0.4, -0.2) is 4.57 Å². The predicted octanol–water partition coefficient (Wildman–Crippen LogP) is 10.7. The van der Waals surface area contributed by atoms with Crippen molar-refractivity contribution in [2.45, 2.75) is 19.6 Å². The molecule has 0 aliphatic carbocycles. The van der Waals surface area contributed by atoms with E-state index in [4.69, 9.17) is 0 Å². The van der Waals surface area contributed by atoms with Crippen LogP contribution in [0.25, 0.3) is 49.7 Å². The van der Waals surface area contributed by atoms with Crippen LogP contribution in [0.3, 0.4) is 0 Å². The zero-order chi connectivity index (χ0) is 25.8. The van der Waals surface area contributed by atoms with Crippen LogP contribution in [0.15, 0.2) is 159 Å². The Balaban J connectivity index is 1.42. The zero-order valence-electron chi connectivity index (χ0n) is 21.0. The third kappa shape index (κ3) is 3.81. The highest BCUT2D eigenvalue weighted by molar-refractivity contribution is 8.05. The number of rotatable bonds is 3. The summed E-state index contributed by atoms with van der Waals surface area (Å²) in [6, 6.07) is 50.6. The second-order valence-electron chi connectivity index (χ2n) is 9.79. The maximum atomic E-state index is 2.45. The van der Waals surface area contributed by atoms with Crippen LogP contribution >= 0.6 is 23.5 Å². The molecule has 3 heteroatoms. The van der Waals surface area contributed by atoms with Gasteiger partial charge in [0.2, 0.25) is 0 Å². The summed E-state index contributed by atoms with van der Waals surface area (Å²) in [6.07, 6.45) is 0. The van der Waals surface area contributed by atoms with Crippen molar-refractivity contribution in [2.24, 2.45) is 0 Å². The summed E-state index contributed by atoms with van der Waals surface area (Å²) >= 11 is 3.78. The van der Waals surface area contributed by atoms with Crippen molar-refractivity contribution < 1.29 is 0 Å². The maximum absolute atomic E-state index is 2.45. The molecule has 184 valence electrons. The molecular formula is C36H23NS2. The smallest absolute Gasteiger partial charge is 0.0553 e. The first-order valence-electron chi connectivity index (χ1n) is 13.1. The number of hydrogen-bond donors (Lipinski definition) is 0. The van der Waals surface area contributed by atoms with Crippen LogP contribution in [0.2, 0.25) is 0 Å². The standard InChI is InChI=1S/C36H23NS2/c1-3-11-24(12-4-1)26-21-27(25-13-5-2-6-14-25)23-28(22-26)37-30-16-8-7-15-29(30)35-31(37)19-20-34-36(35)39-33-18-10-9-17-32(33)38-34/h1-23H. The molecule has 0 atom stereocenters. The normalized spacial score (nSPS) is 12.4. The van der Waals surface area contributed by atoms with Crippen molar-refractivity contribution in [1.82, 2.24) is 4.57 Å². The van der Waals surface area contributed by atoms with Gasteiger partial charge in [0, 0.05) is 36.0 Å². The highest BCUT2D eigenvalue weighted by Crippen LogP contribution is 2.52. The van der Waals surface area contributed by atoms with Crippen LogP contribution in [0.5, 0.6) is 0 Å². The summed E-state index contributed by atoms with van der Waals surface area (Å²) in [6.45, 7) is 0. The minimum atomic E-state index is 1.18. The Hall–Kier alpha value is -4.18. The first-order valence-corrected chi connectivity index (χ1v) is 14.7. The van der Waals surface area contributed by atoms with E-state index >= 15 is 0 Å². The molecule has 0 N–H and O–H groups in total. The van der Waals surface area contributed by atoms with Crippen molar-refractivity contribution in [2.75, 3.05) is 0 Å². The van der Waals surface area contributed by atoms with Crippen LogP contribution in [0.1, 0.15) is 0 Å². The maximum Gasteiger partial charge on any atom is 0.0553 e. The van der Waals surface area contributed by atoms with Crippen molar-refractivity contribution in [3.05, 3.63) is 140 Å². The van der Waals surface area contributed by atoms with E-state index in [0.717, 1.165) is 0 Å². The molecule has 1 nitrogen and oxygen atoms in total.